The minimum absolute atomic E-state index is 0.0323. The highest BCUT2D eigenvalue weighted by atomic mass is 35.5. The Kier molecular flexibility index (Phi) is 4.25. The molecule has 0 saturated heterocycles. The van der Waals surface area contributed by atoms with Gasteiger partial charge in [0.05, 0.1) is 9.95 Å². The van der Waals surface area contributed by atoms with Crippen LogP contribution >= 0.6 is 11.6 Å². The lowest BCUT2D eigenvalue weighted by molar-refractivity contribution is -0.384. The number of nitrogens with one attached hydrogen (secondary N) is 1. The molecule has 1 unspecified atom stereocenters. The highest BCUT2D eigenvalue weighted by Gasteiger charge is 2.17. The summed E-state index contributed by atoms with van der Waals surface area (Å²) in [4.78, 5) is 14.2. The molecule has 6 heteroatoms. The summed E-state index contributed by atoms with van der Waals surface area (Å²) in [6.45, 7) is 5.49. The van der Waals surface area contributed by atoms with Gasteiger partial charge in [-0.05, 0) is 13.3 Å². The zero-order valence-corrected chi connectivity index (χ0v) is 9.57. The Morgan fingerprint density at radius 3 is 3.06 bits per heavy atom. The van der Waals surface area contributed by atoms with Crippen LogP contribution in [0.25, 0.3) is 0 Å². The highest BCUT2D eigenvalue weighted by molar-refractivity contribution is 6.30. The largest absolute Gasteiger partial charge is 0.362 e. The summed E-state index contributed by atoms with van der Waals surface area (Å²) in [6.07, 6.45) is 3.80. The van der Waals surface area contributed by atoms with Crippen LogP contribution in [0.2, 0.25) is 5.02 Å². The molecule has 0 aliphatic heterocycles. The Morgan fingerprint density at radius 2 is 2.50 bits per heavy atom. The Labute approximate surface area is 98.3 Å². The fraction of sp³-hybridized carbons (Fsp3) is 0.300. The Bertz CT molecular complexity index is 409. The van der Waals surface area contributed by atoms with Gasteiger partial charge >= 0.3 is 5.69 Å². The van der Waals surface area contributed by atoms with Crippen LogP contribution in [-0.2, 0) is 0 Å². The van der Waals surface area contributed by atoms with Crippen molar-refractivity contribution in [3.05, 3.63) is 40.1 Å². The van der Waals surface area contributed by atoms with Gasteiger partial charge in [0, 0.05) is 18.3 Å². The lowest BCUT2D eigenvalue weighted by Gasteiger charge is -2.12. The first-order valence-electron chi connectivity index (χ1n) is 4.72. The van der Waals surface area contributed by atoms with E-state index in [9.17, 15) is 10.1 Å². The molecular formula is C10H12ClN3O2. The van der Waals surface area contributed by atoms with E-state index in [0.717, 1.165) is 0 Å². The molecule has 0 bridgehead atoms. The van der Waals surface area contributed by atoms with E-state index >= 15 is 0 Å². The molecule has 16 heavy (non-hydrogen) atoms. The molecule has 1 N–H and O–H groups in total. The highest BCUT2D eigenvalue weighted by Crippen LogP contribution is 2.25. The third-order valence-electron chi connectivity index (χ3n) is 1.93. The van der Waals surface area contributed by atoms with E-state index in [1.807, 2.05) is 6.92 Å². The maximum Gasteiger partial charge on any atom is 0.312 e. The van der Waals surface area contributed by atoms with Gasteiger partial charge in [0.2, 0.25) is 5.82 Å². The van der Waals surface area contributed by atoms with Gasteiger partial charge in [-0.2, -0.15) is 0 Å². The fourth-order valence-electron chi connectivity index (χ4n) is 1.22. The summed E-state index contributed by atoms with van der Waals surface area (Å²) in [5, 5.41) is 13.9. The molecular weight excluding hydrogens is 230 g/mol. The van der Waals surface area contributed by atoms with E-state index in [4.69, 9.17) is 11.6 Å². The Balaban J connectivity index is 2.94. The first kappa shape index (κ1) is 12.4. The van der Waals surface area contributed by atoms with Crippen LogP contribution in [0.15, 0.2) is 24.9 Å². The average molecular weight is 242 g/mol. The first-order valence-corrected chi connectivity index (χ1v) is 5.09. The van der Waals surface area contributed by atoms with Crippen LogP contribution < -0.4 is 5.32 Å². The molecule has 1 atom stereocenters. The molecule has 86 valence electrons. The second kappa shape index (κ2) is 5.46. The predicted octanol–water partition coefficient (Wildman–Crippen LogP) is 3.02. The van der Waals surface area contributed by atoms with Gasteiger partial charge in [0.15, 0.2) is 0 Å². The molecule has 0 aliphatic rings. The van der Waals surface area contributed by atoms with Crippen LogP contribution in [0.4, 0.5) is 11.5 Å². The predicted molar refractivity (Wildman–Crippen MR) is 63.8 cm³/mol. The van der Waals surface area contributed by atoms with Crippen LogP contribution in [0, 0.1) is 10.1 Å². The van der Waals surface area contributed by atoms with Crippen molar-refractivity contribution >= 4 is 23.1 Å². The number of nitro groups is 1. The second-order valence-electron chi connectivity index (χ2n) is 3.35. The monoisotopic (exact) mass is 241 g/mol. The van der Waals surface area contributed by atoms with E-state index in [1.165, 1.54) is 12.3 Å². The van der Waals surface area contributed by atoms with Crippen molar-refractivity contribution in [3.63, 3.8) is 0 Å². The van der Waals surface area contributed by atoms with Crippen LogP contribution in [0.1, 0.15) is 13.3 Å². The molecule has 5 nitrogen and oxygen atoms in total. The smallest absolute Gasteiger partial charge is 0.312 e. The standard InChI is InChI=1S/C10H12ClN3O2/c1-3-4-7(2)13-10-9(14(15)16)5-8(11)6-12-10/h3,5-7H,1,4H2,2H3,(H,12,13). The minimum Gasteiger partial charge on any atom is -0.362 e. The maximum absolute atomic E-state index is 10.8. The lowest BCUT2D eigenvalue weighted by atomic mass is 10.2. The minimum atomic E-state index is -0.512. The number of pyridine rings is 1. The number of anilines is 1. The maximum atomic E-state index is 10.8. The van der Waals surface area contributed by atoms with Gasteiger partial charge in [-0.1, -0.05) is 17.7 Å². The second-order valence-corrected chi connectivity index (χ2v) is 3.78. The normalized spacial score (nSPS) is 11.9. The summed E-state index contributed by atoms with van der Waals surface area (Å²) in [6, 6.07) is 1.31. The van der Waals surface area contributed by atoms with Crippen LogP contribution in [-0.4, -0.2) is 15.9 Å². The number of halogens is 1. The van der Waals surface area contributed by atoms with Crippen molar-refractivity contribution in [2.24, 2.45) is 0 Å². The molecule has 0 spiro atoms. The van der Waals surface area contributed by atoms with E-state index in [2.05, 4.69) is 16.9 Å². The third kappa shape index (κ3) is 3.20. The Morgan fingerprint density at radius 1 is 1.81 bits per heavy atom. The number of aromatic nitrogens is 1. The van der Waals surface area contributed by atoms with Gasteiger partial charge in [-0.15, -0.1) is 6.58 Å². The summed E-state index contributed by atoms with van der Waals surface area (Å²) in [7, 11) is 0. The summed E-state index contributed by atoms with van der Waals surface area (Å²) in [5.41, 5.74) is -0.122. The summed E-state index contributed by atoms with van der Waals surface area (Å²) >= 11 is 5.65. The zero-order chi connectivity index (χ0) is 12.1. The van der Waals surface area contributed by atoms with E-state index < -0.39 is 4.92 Å². The van der Waals surface area contributed by atoms with Crippen molar-refractivity contribution in [3.8, 4) is 0 Å². The molecule has 0 saturated carbocycles. The van der Waals surface area contributed by atoms with Crippen molar-refractivity contribution in [1.82, 2.24) is 4.98 Å². The quantitative estimate of drug-likeness (QED) is 0.489. The molecule has 0 aromatic carbocycles. The number of nitrogens with zero attached hydrogens (tertiary/aromatic N) is 2. The molecule has 1 heterocycles. The van der Waals surface area contributed by atoms with Gasteiger partial charge in [-0.3, -0.25) is 10.1 Å². The van der Waals surface area contributed by atoms with E-state index in [0.29, 0.717) is 6.42 Å². The molecule has 1 aromatic rings. The van der Waals surface area contributed by atoms with Crippen molar-refractivity contribution < 1.29 is 4.92 Å². The van der Waals surface area contributed by atoms with Gasteiger partial charge < -0.3 is 5.32 Å². The van der Waals surface area contributed by atoms with Gasteiger partial charge in [0.25, 0.3) is 0 Å². The van der Waals surface area contributed by atoms with Crippen LogP contribution in [0.5, 0.6) is 0 Å². The molecule has 0 radical (unpaired) electrons. The molecule has 0 fully saturated rings. The van der Waals surface area contributed by atoms with Crippen molar-refractivity contribution in [2.75, 3.05) is 5.32 Å². The lowest BCUT2D eigenvalue weighted by Crippen LogP contribution is -2.16. The summed E-state index contributed by atoms with van der Waals surface area (Å²) in [5.74, 6) is 0.226. The van der Waals surface area contributed by atoms with Crippen LogP contribution in [0.3, 0.4) is 0 Å². The third-order valence-corrected chi connectivity index (χ3v) is 2.14. The van der Waals surface area contributed by atoms with E-state index in [-0.39, 0.29) is 22.6 Å². The molecule has 1 aromatic heterocycles. The zero-order valence-electron chi connectivity index (χ0n) is 8.81. The summed E-state index contributed by atoms with van der Waals surface area (Å²) < 4.78 is 0. The number of hydrogen-bond acceptors (Lipinski definition) is 4. The number of rotatable bonds is 5. The fourth-order valence-corrected chi connectivity index (χ4v) is 1.37. The topological polar surface area (TPSA) is 68.1 Å². The number of hydrogen-bond donors (Lipinski definition) is 1. The van der Waals surface area contributed by atoms with Crippen molar-refractivity contribution in [1.29, 1.82) is 0 Å². The molecule has 1 rings (SSSR count). The first-order chi connectivity index (χ1) is 7.54. The Hall–Kier alpha value is -1.62. The average Bonchev–Trinajstić information content (AvgIpc) is 2.20. The van der Waals surface area contributed by atoms with Gasteiger partial charge in [0.1, 0.15) is 0 Å². The van der Waals surface area contributed by atoms with Gasteiger partial charge in [-0.25, -0.2) is 4.98 Å². The SMILES string of the molecule is C=CCC(C)Nc1ncc(Cl)cc1[N+](=O)[O-]. The molecule has 0 amide bonds. The molecule has 0 aliphatic carbocycles. The van der Waals surface area contributed by atoms with E-state index in [1.54, 1.807) is 6.08 Å². The van der Waals surface area contributed by atoms with Crippen molar-refractivity contribution in [2.45, 2.75) is 19.4 Å².